The second-order valence-corrected chi connectivity index (χ2v) is 7.61. The number of hydrogen-bond acceptors (Lipinski definition) is 2. The third-order valence-corrected chi connectivity index (χ3v) is 6.18. The van der Waals surface area contributed by atoms with Gasteiger partial charge in [-0.25, -0.2) is 4.98 Å². The number of likely N-dealkylation sites (tertiary alicyclic amines) is 1. The van der Waals surface area contributed by atoms with Gasteiger partial charge < -0.3 is 9.47 Å². The first-order valence-electron chi connectivity index (χ1n) is 9.52. The van der Waals surface area contributed by atoms with Gasteiger partial charge in [-0.3, -0.25) is 4.79 Å². The van der Waals surface area contributed by atoms with E-state index in [4.69, 9.17) is 0 Å². The Hall–Kier alpha value is -2.62. The zero-order valence-electron chi connectivity index (χ0n) is 15.1. The smallest absolute Gasteiger partial charge is 0.254 e. The Morgan fingerprint density at radius 3 is 2.96 bits per heavy atom. The second kappa shape index (κ2) is 5.97. The molecule has 0 saturated carbocycles. The summed E-state index contributed by atoms with van der Waals surface area (Å²) >= 11 is 0. The van der Waals surface area contributed by atoms with Crippen LogP contribution >= 0.6 is 0 Å². The third kappa shape index (κ3) is 2.36. The Kier molecular flexibility index (Phi) is 3.59. The Balaban J connectivity index is 1.49. The van der Waals surface area contributed by atoms with Gasteiger partial charge in [0.05, 0.1) is 17.4 Å². The Bertz CT molecular complexity index is 990. The molecule has 5 rings (SSSR count). The van der Waals surface area contributed by atoms with Crippen LogP contribution in [-0.2, 0) is 13.5 Å². The summed E-state index contributed by atoms with van der Waals surface area (Å²) in [6.07, 6.45) is 6.21. The van der Waals surface area contributed by atoms with Gasteiger partial charge in [0, 0.05) is 31.1 Å². The fourth-order valence-corrected chi connectivity index (χ4v) is 4.88. The van der Waals surface area contributed by atoms with Crippen LogP contribution in [0.3, 0.4) is 0 Å². The van der Waals surface area contributed by atoms with E-state index in [1.807, 2.05) is 29.8 Å². The Morgan fingerprint density at radius 1 is 1.15 bits per heavy atom. The molecule has 3 aromatic rings. The minimum atomic E-state index is 0.169. The lowest BCUT2D eigenvalue weighted by atomic mass is 9.74. The highest BCUT2D eigenvalue weighted by Crippen LogP contribution is 2.41. The first-order valence-corrected chi connectivity index (χ1v) is 9.52. The molecular formula is C22H23N3O. The molecule has 4 heteroatoms. The van der Waals surface area contributed by atoms with Gasteiger partial charge in [0.25, 0.3) is 5.91 Å². The summed E-state index contributed by atoms with van der Waals surface area (Å²) < 4.78 is 1.97. The molecule has 132 valence electrons. The van der Waals surface area contributed by atoms with Crippen molar-refractivity contribution in [2.75, 3.05) is 6.54 Å². The molecule has 0 radical (unpaired) electrons. The van der Waals surface area contributed by atoms with E-state index in [-0.39, 0.29) is 5.91 Å². The SMILES string of the molecule is Cn1cnc2ccc(C(=O)N3CCC[C@@H]4c5ccccc5CCC43)cc21. The summed E-state index contributed by atoms with van der Waals surface area (Å²) in [5.41, 5.74) is 5.66. The average Bonchev–Trinajstić information content (AvgIpc) is 3.07. The normalized spacial score (nSPS) is 22.1. The number of aromatic nitrogens is 2. The van der Waals surface area contributed by atoms with Gasteiger partial charge in [-0.15, -0.1) is 0 Å². The minimum Gasteiger partial charge on any atom is -0.335 e. The number of rotatable bonds is 1. The van der Waals surface area contributed by atoms with E-state index in [2.05, 4.69) is 34.1 Å². The van der Waals surface area contributed by atoms with Crippen LogP contribution in [0.15, 0.2) is 48.8 Å². The highest BCUT2D eigenvalue weighted by atomic mass is 16.2. The maximum Gasteiger partial charge on any atom is 0.254 e. The number of amides is 1. The van der Waals surface area contributed by atoms with E-state index in [1.165, 1.54) is 17.5 Å². The van der Waals surface area contributed by atoms with Crippen LogP contribution < -0.4 is 0 Å². The van der Waals surface area contributed by atoms with Crippen LogP contribution in [-0.4, -0.2) is 32.9 Å². The van der Waals surface area contributed by atoms with E-state index in [1.54, 1.807) is 6.33 Å². The molecule has 26 heavy (non-hydrogen) atoms. The predicted molar refractivity (Wildman–Crippen MR) is 102 cm³/mol. The molecule has 4 nitrogen and oxygen atoms in total. The van der Waals surface area contributed by atoms with Gasteiger partial charge in [-0.1, -0.05) is 24.3 Å². The van der Waals surface area contributed by atoms with Crippen LogP contribution in [0.5, 0.6) is 0 Å². The summed E-state index contributed by atoms with van der Waals surface area (Å²) in [6, 6.07) is 15.0. The number of carbonyl (C=O) groups is 1. The number of hydrogen-bond donors (Lipinski definition) is 0. The van der Waals surface area contributed by atoms with Crippen molar-refractivity contribution in [2.24, 2.45) is 7.05 Å². The zero-order chi connectivity index (χ0) is 17.7. The minimum absolute atomic E-state index is 0.169. The van der Waals surface area contributed by atoms with E-state index in [9.17, 15) is 4.79 Å². The van der Waals surface area contributed by atoms with E-state index in [0.717, 1.165) is 42.4 Å². The van der Waals surface area contributed by atoms with Gasteiger partial charge in [-0.05, 0) is 55.0 Å². The van der Waals surface area contributed by atoms with Crippen molar-refractivity contribution in [3.8, 4) is 0 Å². The lowest BCUT2D eigenvalue weighted by molar-refractivity contribution is 0.0547. The molecule has 0 N–H and O–H groups in total. The number of aryl methyl sites for hydroxylation is 2. The number of benzene rings is 2. The molecule has 1 fully saturated rings. The molecule has 0 spiro atoms. The summed E-state index contributed by atoms with van der Waals surface area (Å²) in [5, 5.41) is 0. The number of piperidine rings is 1. The molecule has 1 aliphatic heterocycles. The lowest BCUT2D eigenvalue weighted by Gasteiger charge is -2.45. The highest BCUT2D eigenvalue weighted by Gasteiger charge is 2.38. The summed E-state index contributed by atoms with van der Waals surface area (Å²) in [6.45, 7) is 0.867. The standard InChI is InChI=1S/C22H23N3O/c1-24-14-23-19-10-8-16(13-21(19)24)22(26)25-12-4-7-18-17-6-3-2-5-15(17)9-11-20(18)25/h2-3,5-6,8,10,13-14,18,20H,4,7,9,11-12H2,1H3/t18-,20?/m1/s1. The van der Waals surface area contributed by atoms with Crippen molar-refractivity contribution in [1.29, 1.82) is 0 Å². The van der Waals surface area contributed by atoms with Crippen molar-refractivity contribution in [2.45, 2.75) is 37.6 Å². The highest BCUT2D eigenvalue weighted by molar-refractivity contribution is 5.97. The fourth-order valence-electron chi connectivity index (χ4n) is 4.88. The molecule has 1 amide bonds. The molecule has 1 aliphatic carbocycles. The van der Waals surface area contributed by atoms with Crippen LogP contribution in [0.1, 0.15) is 46.7 Å². The molecule has 2 aliphatic rings. The van der Waals surface area contributed by atoms with Crippen molar-refractivity contribution < 1.29 is 4.79 Å². The van der Waals surface area contributed by atoms with Gasteiger partial charge in [0.1, 0.15) is 0 Å². The molecule has 1 aromatic heterocycles. The first kappa shape index (κ1) is 15.6. The van der Waals surface area contributed by atoms with E-state index >= 15 is 0 Å². The third-order valence-electron chi connectivity index (χ3n) is 6.18. The monoisotopic (exact) mass is 345 g/mol. The molecule has 2 aromatic carbocycles. The zero-order valence-corrected chi connectivity index (χ0v) is 15.1. The molecule has 0 bridgehead atoms. The first-order chi connectivity index (χ1) is 12.7. The summed E-state index contributed by atoms with van der Waals surface area (Å²) in [7, 11) is 1.97. The van der Waals surface area contributed by atoms with Crippen molar-refractivity contribution in [3.63, 3.8) is 0 Å². The maximum atomic E-state index is 13.3. The van der Waals surface area contributed by atoms with Gasteiger partial charge in [0.15, 0.2) is 0 Å². The van der Waals surface area contributed by atoms with Gasteiger partial charge >= 0.3 is 0 Å². The lowest BCUT2D eigenvalue weighted by Crippen LogP contribution is -2.49. The van der Waals surface area contributed by atoms with Crippen LogP contribution in [0.2, 0.25) is 0 Å². The number of nitrogens with zero attached hydrogens (tertiary/aromatic N) is 3. The predicted octanol–water partition coefficient (Wildman–Crippen LogP) is 3.91. The largest absolute Gasteiger partial charge is 0.335 e. The number of carbonyl (C=O) groups excluding carboxylic acids is 1. The maximum absolute atomic E-state index is 13.3. The van der Waals surface area contributed by atoms with Crippen molar-refractivity contribution in [3.05, 3.63) is 65.5 Å². The molecule has 2 atom stereocenters. The van der Waals surface area contributed by atoms with Crippen LogP contribution in [0.25, 0.3) is 11.0 Å². The summed E-state index contributed by atoms with van der Waals surface area (Å²) in [4.78, 5) is 19.8. The molecule has 1 unspecified atom stereocenters. The number of imidazole rings is 1. The van der Waals surface area contributed by atoms with Crippen molar-refractivity contribution >= 4 is 16.9 Å². The Morgan fingerprint density at radius 2 is 2.04 bits per heavy atom. The van der Waals surface area contributed by atoms with E-state index in [0.29, 0.717) is 12.0 Å². The second-order valence-electron chi connectivity index (χ2n) is 7.61. The van der Waals surface area contributed by atoms with E-state index < -0.39 is 0 Å². The van der Waals surface area contributed by atoms with Crippen LogP contribution in [0.4, 0.5) is 0 Å². The van der Waals surface area contributed by atoms with Crippen LogP contribution in [0, 0.1) is 0 Å². The van der Waals surface area contributed by atoms with Crippen molar-refractivity contribution in [1.82, 2.24) is 14.5 Å². The molecule has 2 heterocycles. The summed E-state index contributed by atoms with van der Waals surface area (Å²) in [5.74, 6) is 0.653. The van der Waals surface area contributed by atoms with Gasteiger partial charge in [-0.2, -0.15) is 0 Å². The van der Waals surface area contributed by atoms with Gasteiger partial charge in [0.2, 0.25) is 0 Å². The fraction of sp³-hybridized carbons (Fsp3) is 0.364. The molecule has 1 saturated heterocycles. The average molecular weight is 345 g/mol. The topological polar surface area (TPSA) is 38.1 Å². The molecular weight excluding hydrogens is 322 g/mol. The Labute approximate surface area is 153 Å². The number of fused-ring (bicyclic) bond motifs is 4. The quantitative estimate of drug-likeness (QED) is 0.671.